The third kappa shape index (κ3) is 6.01. The SMILES string of the molecule is CCOc1ccc(OC[C@H](O)CNC[C@H]2CCCN2CC)cc1. The minimum absolute atomic E-state index is 0.295. The van der Waals surface area contributed by atoms with Gasteiger partial charge in [0.2, 0.25) is 0 Å². The molecular formula is C18H30N2O3. The predicted octanol–water partition coefficient (Wildman–Crippen LogP) is 1.90. The molecule has 0 aromatic heterocycles. The van der Waals surface area contributed by atoms with E-state index in [-0.39, 0.29) is 0 Å². The smallest absolute Gasteiger partial charge is 0.119 e. The number of likely N-dealkylation sites (tertiary alicyclic amines) is 1. The predicted molar refractivity (Wildman–Crippen MR) is 92.3 cm³/mol. The van der Waals surface area contributed by atoms with Crippen LogP contribution in [0.25, 0.3) is 0 Å². The normalized spacial score (nSPS) is 19.7. The topological polar surface area (TPSA) is 54.0 Å². The van der Waals surface area contributed by atoms with Crippen LogP contribution in [-0.2, 0) is 0 Å². The Balaban J connectivity index is 1.62. The van der Waals surface area contributed by atoms with Crippen LogP contribution in [0.15, 0.2) is 24.3 Å². The fourth-order valence-corrected chi connectivity index (χ4v) is 3.01. The van der Waals surface area contributed by atoms with Crippen LogP contribution in [0.5, 0.6) is 11.5 Å². The van der Waals surface area contributed by atoms with Crippen molar-refractivity contribution in [3.05, 3.63) is 24.3 Å². The Hall–Kier alpha value is -1.30. The van der Waals surface area contributed by atoms with Crippen LogP contribution in [0.1, 0.15) is 26.7 Å². The molecule has 1 fully saturated rings. The van der Waals surface area contributed by atoms with Crippen molar-refractivity contribution in [1.82, 2.24) is 10.2 Å². The zero-order chi connectivity index (χ0) is 16.5. The van der Waals surface area contributed by atoms with E-state index in [0.29, 0.717) is 25.8 Å². The molecule has 1 heterocycles. The molecule has 0 amide bonds. The summed E-state index contributed by atoms with van der Waals surface area (Å²) < 4.78 is 11.0. The Bertz CT molecular complexity index is 438. The summed E-state index contributed by atoms with van der Waals surface area (Å²) in [4.78, 5) is 2.50. The number of hydrogen-bond acceptors (Lipinski definition) is 5. The van der Waals surface area contributed by atoms with Gasteiger partial charge < -0.3 is 19.9 Å². The third-order valence-corrected chi connectivity index (χ3v) is 4.24. The van der Waals surface area contributed by atoms with Gasteiger partial charge in [0.15, 0.2) is 0 Å². The van der Waals surface area contributed by atoms with E-state index in [9.17, 15) is 5.11 Å². The zero-order valence-corrected chi connectivity index (χ0v) is 14.3. The summed E-state index contributed by atoms with van der Waals surface area (Å²) in [5.74, 6) is 1.58. The molecule has 1 aliphatic heterocycles. The maximum absolute atomic E-state index is 10.0. The number of rotatable bonds is 10. The number of nitrogens with one attached hydrogen (secondary N) is 1. The monoisotopic (exact) mass is 322 g/mol. The Labute approximate surface area is 139 Å². The molecule has 2 N–H and O–H groups in total. The van der Waals surface area contributed by atoms with Crippen molar-refractivity contribution in [3.63, 3.8) is 0 Å². The molecule has 5 heteroatoms. The summed E-state index contributed by atoms with van der Waals surface area (Å²) in [5.41, 5.74) is 0. The van der Waals surface area contributed by atoms with E-state index in [2.05, 4.69) is 17.1 Å². The molecule has 0 bridgehead atoms. The minimum atomic E-state index is -0.502. The summed E-state index contributed by atoms with van der Waals surface area (Å²) in [6, 6.07) is 8.09. The first kappa shape index (κ1) is 18.0. The Kier molecular flexibility index (Phi) is 7.65. The molecule has 130 valence electrons. The first-order valence-corrected chi connectivity index (χ1v) is 8.71. The quantitative estimate of drug-likeness (QED) is 0.689. The molecule has 0 spiro atoms. The lowest BCUT2D eigenvalue weighted by Crippen LogP contribution is -2.41. The molecule has 5 nitrogen and oxygen atoms in total. The van der Waals surface area contributed by atoms with Crippen LogP contribution in [0.3, 0.4) is 0 Å². The van der Waals surface area contributed by atoms with Gasteiger partial charge in [-0.2, -0.15) is 0 Å². The largest absolute Gasteiger partial charge is 0.494 e. The van der Waals surface area contributed by atoms with Crippen molar-refractivity contribution in [3.8, 4) is 11.5 Å². The summed E-state index contributed by atoms with van der Waals surface area (Å²) in [6.07, 6.45) is 2.03. The van der Waals surface area contributed by atoms with E-state index in [0.717, 1.165) is 24.6 Å². The average molecular weight is 322 g/mol. The Morgan fingerprint density at radius 3 is 2.57 bits per heavy atom. The molecule has 23 heavy (non-hydrogen) atoms. The molecule has 0 unspecified atom stereocenters. The highest BCUT2D eigenvalue weighted by atomic mass is 16.5. The zero-order valence-electron chi connectivity index (χ0n) is 14.3. The summed E-state index contributed by atoms with van der Waals surface area (Å²) in [7, 11) is 0. The number of aliphatic hydroxyl groups is 1. The fraction of sp³-hybridized carbons (Fsp3) is 0.667. The van der Waals surface area contributed by atoms with Gasteiger partial charge in [0.25, 0.3) is 0 Å². The van der Waals surface area contributed by atoms with Crippen LogP contribution in [0.4, 0.5) is 0 Å². The maximum atomic E-state index is 10.0. The molecule has 1 aromatic carbocycles. The lowest BCUT2D eigenvalue weighted by atomic mass is 10.2. The number of aliphatic hydroxyl groups excluding tert-OH is 1. The first-order chi connectivity index (χ1) is 11.2. The van der Waals surface area contributed by atoms with Crippen molar-refractivity contribution >= 4 is 0 Å². The number of nitrogens with zero attached hydrogens (tertiary/aromatic N) is 1. The molecular weight excluding hydrogens is 292 g/mol. The van der Waals surface area contributed by atoms with Crippen molar-refractivity contribution in [2.45, 2.75) is 38.8 Å². The number of benzene rings is 1. The van der Waals surface area contributed by atoms with E-state index in [1.165, 1.54) is 19.4 Å². The molecule has 2 rings (SSSR count). The summed E-state index contributed by atoms with van der Waals surface area (Å²) >= 11 is 0. The maximum Gasteiger partial charge on any atom is 0.119 e. The second-order valence-electron chi connectivity index (χ2n) is 5.95. The van der Waals surface area contributed by atoms with Gasteiger partial charge in [0, 0.05) is 19.1 Å². The van der Waals surface area contributed by atoms with Crippen molar-refractivity contribution < 1.29 is 14.6 Å². The van der Waals surface area contributed by atoms with Crippen molar-refractivity contribution in [1.29, 1.82) is 0 Å². The highest BCUT2D eigenvalue weighted by Crippen LogP contribution is 2.18. The van der Waals surface area contributed by atoms with Crippen molar-refractivity contribution in [2.24, 2.45) is 0 Å². The van der Waals surface area contributed by atoms with Gasteiger partial charge in [-0.25, -0.2) is 0 Å². The fourth-order valence-electron chi connectivity index (χ4n) is 3.01. The highest BCUT2D eigenvalue weighted by molar-refractivity contribution is 5.31. The van der Waals surface area contributed by atoms with E-state index in [1.807, 2.05) is 31.2 Å². The van der Waals surface area contributed by atoms with E-state index in [1.54, 1.807) is 0 Å². The number of hydrogen-bond donors (Lipinski definition) is 2. The van der Waals surface area contributed by atoms with Crippen molar-refractivity contribution in [2.75, 3.05) is 39.4 Å². The molecule has 0 radical (unpaired) electrons. The molecule has 0 saturated carbocycles. The lowest BCUT2D eigenvalue weighted by Gasteiger charge is -2.23. The Morgan fingerprint density at radius 2 is 1.91 bits per heavy atom. The van der Waals surface area contributed by atoms with Gasteiger partial charge in [0.05, 0.1) is 6.61 Å². The van der Waals surface area contributed by atoms with Crippen LogP contribution < -0.4 is 14.8 Å². The lowest BCUT2D eigenvalue weighted by molar-refractivity contribution is 0.104. The van der Waals surface area contributed by atoms with Gasteiger partial charge >= 0.3 is 0 Å². The third-order valence-electron chi connectivity index (χ3n) is 4.24. The summed E-state index contributed by atoms with van der Waals surface area (Å²) in [6.45, 7) is 8.92. The molecule has 1 saturated heterocycles. The van der Waals surface area contributed by atoms with Crippen LogP contribution in [0, 0.1) is 0 Å². The standard InChI is InChI=1S/C18H30N2O3/c1-3-20-11-5-6-15(20)12-19-13-16(21)14-23-18-9-7-17(8-10-18)22-4-2/h7-10,15-16,19,21H,3-6,11-14H2,1-2H3/t15-,16-/m1/s1. The number of ether oxygens (including phenoxy) is 2. The van der Waals surface area contributed by atoms with E-state index < -0.39 is 6.10 Å². The molecule has 1 aliphatic rings. The van der Waals surface area contributed by atoms with Gasteiger partial charge in [0.1, 0.15) is 24.2 Å². The second-order valence-corrected chi connectivity index (χ2v) is 5.95. The van der Waals surface area contributed by atoms with Crippen LogP contribution >= 0.6 is 0 Å². The minimum Gasteiger partial charge on any atom is -0.494 e. The molecule has 1 aromatic rings. The molecule has 2 atom stereocenters. The van der Waals surface area contributed by atoms with Gasteiger partial charge in [-0.05, 0) is 57.1 Å². The van der Waals surface area contributed by atoms with Crippen LogP contribution in [0.2, 0.25) is 0 Å². The van der Waals surface area contributed by atoms with Crippen LogP contribution in [-0.4, -0.2) is 61.5 Å². The highest BCUT2D eigenvalue weighted by Gasteiger charge is 2.22. The first-order valence-electron chi connectivity index (χ1n) is 8.71. The van der Waals surface area contributed by atoms with Gasteiger partial charge in [-0.1, -0.05) is 6.92 Å². The second kappa shape index (κ2) is 9.75. The van der Waals surface area contributed by atoms with Gasteiger partial charge in [-0.3, -0.25) is 4.90 Å². The Morgan fingerprint density at radius 1 is 1.22 bits per heavy atom. The van der Waals surface area contributed by atoms with E-state index >= 15 is 0 Å². The van der Waals surface area contributed by atoms with E-state index in [4.69, 9.17) is 9.47 Å². The number of likely N-dealkylation sites (N-methyl/N-ethyl adjacent to an activating group) is 1. The average Bonchev–Trinajstić information content (AvgIpc) is 3.02. The summed E-state index contributed by atoms with van der Waals surface area (Å²) in [5, 5.41) is 13.4. The van der Waals surface area contributed by atoms with Gasteiger partial charge in [-0.15, -0.1) is 0 Å². The molecule has 0 aliphatic carbocycles.